The van der Waals surface area contributed by atoms with Crippen molar-refractivity contribution in [3.63, 3.8) is 0 Å². The lowest BCUT2D eigenvalue weighted by Gasteiger charge is -2.10. The first-order valence-electron chi connectivity index (χ1n) is 7.86. The number of hydrogen-bond donors (Lipinski definition) is 1. The summed E-state index contributed by atoms with van der Waals surface area (Å²) in [7, 11) is 0. The van der Waals surface area contributed by atoms with Crippen molar-refractivity contribution in [1.29, 1.82) is 0 Å². The van der Waals surface area contributed by atoms with E-state index in [2.05, 4.69) is 61.6 Å². The average Bonchev–Trinajstić information content (AvgIpc) is 2.54. The highest BCUT2D eigenvalue weighted by Crippen LogP contribution is 2.16. The van der Waals surface area contributed by atoms with E-state index in [1.54, 1.807) is 0 Å². The molecule has 0 saturated heterocycles. The quantitative estimate of drug-likeness (QED) is 0.685. The summed E-state index contributed by atoms with van der Waals surface area (Å²) in [4.78, 5) is 0. The van der Waals surface area contributed by atoms with Gasteiger partial charge in [0.1, 0.15) is 5.75 Å². The molecule has 0 saturated carbocycles. The van der Waals surface area contributed by atoms with Gasteiger partial charge in [0.05, 0.1) is 6.61 Å². The van der Waals surface area contributed by atoms with Gasteiger partial charge in [-0.05, 0) is 48.2 Å². The Bertz CT molecular complexity index is 534. The fraction of sp³-hybridized carbons (Fsp3) is 0.368. The van der Waals surface area contributed by atoms with Gasteiger partial charge in [0, 0.05) is 12.2 Å². The maximum atomic E-state index is 5.74. The van der Waals surface area contributed by atoms with Crippen molar-refractivity contribution in [3.05, 3.63) is 59.7 Å². The minimum absolute atomic E-state index is 0.797. The number of hydrogen-bond acceptors (Lipinski definition) is 2. The van der Waals surface area contributed by atoms with E-state index in [4.69, 9.17) is 4.74 Å². The van der Waals surface area contributed by atoms with Crippen molar-refractivity contribution in [3.8, 4) is 5.75 Å². The molecular weight excluding hydrogens is 258 g/mol. The second-order valence-corrected chi connectivity index (χ2v) is 5.25. The van der Waals surface area contributed by atoms with Crippen molar-refractivity contribution < 1.29 is 4.74 Å². The number of benzene rings is 2. The maximum Gasteiger partial charge on any atom is 0.119 e. The third kappa shape index (κ3) is 5.14. The molecule has 0 unspecified atom stereocenters. The van der Waals surface area contributed by atoms with Gasteiger partial charge in [0.15, 0.2) is 0 Å². The van der Waals surface area contributed by atoms with Crippen molar-refractivity contribution in [2.45, 2.75) is 39.7 Å². The zero-order valence-corrected chi connectivity index (χ0v) is 13.1. The fourth-order valence-corrected chi connectivity index (χ4v) is 2.14. The zero-order chi connectivity index (χ0) is 14.9. The molecule has 0 atom stereocenters. The Kier molecular flexibility index (Phi) is 6.14. The van der Waals surface area contributed by atoms with Crippen molar-refractivity contribution >= 4 is 5.69 Å². The van der Waals surface area contributed by atoms with Gasteiger partial charge in [-0.15, -0.1) is 0 Å². The number of anilines is 1. The average molecular weight is 283 g/mol. The Morgan fingerprint density at radius 1 is 0.952 bits per heavy atom. The first kappa shape index (κ1) is 15.4. The van der Waals surface area contributed by atoms with Gasteiger partial charge in [-0.3, -0.25) is 0 Å². The molecule has 2 aromatic carbocycles. The number of rotatable bonds is 8. The molecule has 0 aromatic heterocycles. The number of unbranched alkanes of at least 4 members (excludes halogenated alkanes) is 1. The summed E-state index contributed by atoms with van der Waals surface area (Å²) in [5.41, 5.74) is 3.76. The van der Waals surface area contributed by atoms with E-state index in [0.717, 1.165) is 43.9 Å². The molecule has 2 nitrogen and oxygen atoms in total. The van der Waals surface area contributed by atoms with E-state index in [1.807, 2.05) is 6.07 Å². The van der Waals surface area contributed by atoms with Crippen LogP contribution in [0, 0.1) is 0 Å². The highest BCUT2D eigenvalue weighted by molar-refractivity contribution is 5.45. The van der Waals surface area contributed by atoms with Gasteiger partial charge in [0.25, 0.3) is 0 Å². The first-order chi connectivity index (χ1) is 10.3. The van der Waals surface area contributed by atoms with Gasteiger partial charge < -0.3 is 10.1 Å². The smallest absolute Gasteiger partial charge is 0.119 e. The molecule has 0 radical (unpaired) electrons. The number of aryl methyl sites for hydroxylation is 1. The van der Waals surface area contributed by atoms with Gasteiger partial charge in [0.2, 0.25) is 0 Å². The molecule has 112 valence electrons. The van der Waals surface area contributed by atoms with Crippen molar-refractivity contribution in [1.82, 2.24) is 0 Å². The minimum atomic E-state index is 0.797. The third-order valence-electron chi connectivity index (χ3n) is 3.52. The van der Waals surface area contributed by atoms with Crippen LogP contribution in [0.2, 0.25) is 0 Å². The minimum Gasteiger partial charge on any atom is -0.494 e. The summed E-state index contributed by atoms with van der Waals surface area (Å²) in [6.45, 7) is 5.96. The summed E-state index contributed by atoms with van der Waals surface area (Å²) in [6, 6.07) is 16.9. The van der Waals surface area contributed by atoms with Gasteiger partial charge in [-0.1, -0.05) is 44.5 Å². The van der Waals surface area contributed by atoms with E-state index in [9.17, 15) is 0 Å². The number of nitrogens with one attached hydrogen (secondary N) is 1. The van der Waals surface area contributed by atoms with Crippen LogP contribution in [0.5, 0.6) is 5.75 Å². The third-order valence-corrected chi connectivity index (χ3v) is 3.52. The molecule has 21 heavy (non-hydrogen) atoms. The molecule has 0 spiro atoms. The van der Waals surface area contributed by atoms with E-state index in [-0.39, 0.29) is 0 Å². The summed E-state index contributed by atoms with van der Waals surface area (Å²) >= 11 is 0. The summed E-state index contributed by atoms with van der Waals surface area (Å²) in [6.07, 6.45) is 3.35. The molecular formula is C19H25NO. The van der Waals surface area contributed by atoms with Gasteiger partial charge in [-0.25, -0.2) is 0 Å². The van der Waals surface area contributed by atoms with Crippen molar-refractivity contribution in [2.75, 3.05) is 11.9 Å². The molecule has 2 aromatic rings. The molecule has 0 heterocycles. The lowest BCUT2D eigenvalue weighted by molar-refractivity contribution is 0.309. The van der Waals surface area contributed by atoms with Gasteiger partial charge in [-0.2, -0.15) is 0 Å². The Morgan fingerprint density at radius 3 is 2.48 bits per heavy atom. The fourth-order valence-electron chi connectivity index (χ4n) is 2.14. The molecule has 0 aliphatic carbocycles. The van der Waals surface area contributed by atoms with Crippen LogP contribution >= 0.6 is 0 Å². The monoisotopic (exact) mass is 283 g/mol. The topological polar surface area (TPSA) is 21.3 Å². The molecule has 0 bridgehead atoms. The van der Waals surface area contributed by atoms with Crippen LogP contribution in [0.3, 0.4) is 0 Å². The van der Waals surface area contributed by atoms with Gasteiger partial charge >= 0.3 is 0 Å². The first-order valence-corrected chi connectivity index (χ1v) is 7.86. The second kappa shape index (κ2) is 8.35. The zero-order valence-electron chi connectivity index (χ0n) is 13.1. The summed E-state index contributed by atoms with van der Waals surface area (Å²) < 4.78 is 5.74. The molecule has 0 aliphatic rings. The van der Waals surface area contributed by atoms with E-state index < -0.39 is 0 Å². The lowest BCUT2D eigenvalue weighted by atomic mass is 10.1. The predicted molar refractivity (Wildman–Crippen MR) is 90.0 cm³/mol. The Morgan fingerprint density at radius 2 is 1.76 bits per heavy atom. The normalized spacial score (nSPS) is 10.4. The van der Waals surface area contributed by atoms with Crippen LogP contribution in [-0.4, -0.2) is 6.61 Å². The van der Waals surface area contributed by atoms with Crippen molar-refractivity contribution in [2.24, 2.45) is 0 Å². The van der Waals surface area contributed by atoms with Crippen LogP contribution in [0.1, 0.15) is 37.8 Å². The Hall–Kier alpha value is -1.96. The predicted octanol–water partition coefficient (Wildman–Crippen LogP) is 5.04. The van der Waals surface area contributed by atoms with Crippen LogP contribution < -0.4 is 10.1 Å². The lowest BCUT2D eigenvalue weighted by Crippen LogP contribution is -2.01. The molecule has 2 rings (SSSR count). The van der Waals surface area contributed by atoms with Crippen LogP contribution in [0.4, 0.5) is 5.69 Å². The van der Waals surface area contributed by atoms with Crippen LogP contribution in [0.25, 0.3) is 0 Å². The maximum absolute atomic E-state index is 5.74. The summed E-state index contributed by atoms with van der Waals surface area (Å²) in [5.74, 6) is 0.962. The summed E-state index contributed by atoms with van der Waals surface area (Å²) in [5, 5.41) is 3.45. The van der Waals surface area contributed by atoms with Crippen LogP contribution in [0.15, 0.2) is 48.5 Å². The largest absolute Gasteiger partial charge is 0.494 e. The van der Waals surface area contributed by atoms with Crippen LogP contribution in [-0.2, 0) is 13.0 Å². The highest BCUT2D eigenvalue weighted by atomic mass is 16.5. The molecule has 0 aliphatic heterocycles. The standard InChI is InChI=1S/C19H25NO/c1-3-5-13-21-19-8-6-7-17(14-19)15-20-18-11-9-16(4-2)10-12-18/h6-12,14,20H,3-5,13,15H2,1-2H3. The number of ether oxygens (including phenoxy) is 1. The molecule has 1 N–H and O–H groups in total. The molecule has 0 amide bonds. The van der Waals surface area contributed by atoms with E-state index in [1.165, 1.54) is 11.1 Å². The SMILES string of the molecule is CCCCOc1cccc(CNc2ccc(CC)cc2)c1. The molecule has 2 heteroatoms. The second-order valence-electron chi connectivity index (χ2n) is 5.25. The Labute approximate surface area is 128 Å². The van der Waals surface area contributed by atoms with E-state index in [0.29, 0.717) is 0 Å². The van der Waals surface area contributed by atoms with E-state index >= 15 is 0 Å². The Balaban J connectivity index is 1.88. The highest BCUT2D eigenvalue weighted by Gasteiger charge is 1.98. The molecule has 0 fully saturated rings.